The molecule has 1 atom stereocenters. The fourth-order valence-electron chi connectivity index (χ4n) is 2.92. The average molecular weight is 318 g/mol. The van der Waals surface area contributed by atoms with E-state index in [2.05, 4.69) is 5.32 Å². The monoisotopic (exact) mass is 318 g/mol. The summed E-state index contributed by atoms with van der Waals surface area (Å²) in [6.07, 6.45) is 2.92. The van der Waals surface area contributed by atoms with Gasteiger partial charge < -0.3 is 5.11 Å². The van der Waals surface area contributed by atoms with Crippen LogP contribution in [0.25, 0.3) is 0 Å². The second-order valence-electron chi connectivity index (χ2n) is 5.81. The van der Waals surface area contributed by atoms with Crippen LogP contribution >= 0.6 is 0 Å². The van der Waals surface area contributed by atoms with Gasteiger partial charge in [0.15, 0.2) is 0 Å². The molecule has 1 aliphatic heterocycles. The van der Waals surface area contributed by atoms with Crippen LogP contribution in [0.1, 0.15) is 40.7 Å². The van der Waals surface area contributed by atoms with Crippen LogP contribution in [0.3, 0.4) is 0 Å². The van der Waals surface area contributed by atoms with Crippen molar-refractivity contribution in [3.05, 3.63) is 34.9 Å². The molecule has 2 N–H and O–H groups in total. The molecule has 6 heteroatoms. The van der Waals surface area contributed by atoms with E-state index in [-0.39, 0.29) is 24.5 Å². The summed E-state index contributed by atoms with van der Waals surface area (Å²) in [7, 11) is 1.82. The van der Waals surface area contributed by atoms with Gasteiger partial charge in [0.1, 0.15) is 6.29 Å². The van der Waals surface area contributed by atoms with Crippen molar-refractivity contribution in [2.45, 2.75) is 38.3 Å². The number of likely N-dealkylation sites (N-methyl/N-ethyl adjacent to an activating group) is 1. The first-order chi connectivity index (χ1) is 11.1. The van der Waals surface area contributed by atoms with Crippen LogP contribution in [0.2, 0.25) is 0 Å². The Labute approximate surface area is 135 Å². The lowest BCUT2D eigenvalue weighted by atomic mass is 9.96. The van der Waals surface area contributed by atoms with Crippen LogP contribution in [0.4, 0.5) is 0 Å². The van der Waals surface area contributed by atoms with Crippen molar-refractivity contribution >= 4 is 18.1 Å². The Morgan fingerprint density at radius 2 is 2.17 bits per heavy atom. The molecule has 1 aliphatic rings. The molecule has 0 spiro atoms. The summed E-state index contributed by atoms with van der Waals surface area (Å²) in [6.45, 7) is 0.537. The Morgan fingerprint density at radius 1 is 1.39 bits per heavy atom. The van der Waals surface area contributed by atoms with Crippen molar-refractivity contribution in [2.75, 3.05) is 13.7 Å². The lowest BCUT2D eigenvalue weighted by molar-refractivity contribution is -0.137. The maximum absolute atomic E-state index is 12.0. The summed E-state index contributed by atoms with van der Waals surface area (Å²) in [4.78, 5) is 36.4. The van der Waals surface area contributed by atoms with Crippen LogP contribution < -0.4 is 5.32 Å². The molecule has 1 aromatic carbocycles. The highest BCUT2D eigenvalue weighted by molar-refractivity contribution is 6.00. The predicted octanol–water partition coefficient (Wildman–Crippen LogP) is 0.661. The molecule has 0 saturated carbocycles. The van der Waals surface area contributed by atoms with Crippen LogP contribution in [0, 0.1) is 0 Å². The van der Waals surface area contributed by atoms with Gasteiger partial charge in [0.05, 0.1) is 6.04 Å². The molecule has 0 bridgehead atoms. The van der Waals surface area contributed by atoms with E-state index in [1.54, 1.807) is 6.07 Å². The summed E-state index contributed by atoms with van der Waals surface area (Å²) in [5, 5.41) is 11.4. The highest BCUT2D eigenvalue weighted by atomic mass is 16.3. The van der Waals surface area contributed by atoms with Crippen LogP contribution in [-0.4, -0.2) is 47.8 Å². The number of nitrogens with one attached hydrogen (secondary N) is 1. The molecule has 2 amide bonds. The van der Waals surface area contributed by atoms with E-state index in [1.165, 1.54) is 0 Å². The van der Waals surface area contributed by atoms with Gasteiger partial charge >= 0.3 is 0 Å². The van der Waals surface area contributed by atoms with E-state index in [1.807, 2.05) is 24.1 Å². The molecule has 1 fully saturated rings. The van der Waals surface area contributed by atoms with Gasteiger partial charge in [0, 0.05) is 25.1 Å². The molecule has 1 aromatic rings. The zero-order valence-electron chi connectivity index (χ0n) is 13.2. The van der Waals surface area contributed by atoms with Crippen LogP contribution in [-0.2, 0) is 22.6 Å². The maximum Gasteiger partial charge on any atom is 0.243 e. The van der Waals surface area contributed by atoms with E-state index in [9.17, 15) is 14.4 Å². The number of aliphatic hydroxyl groups excluding tert-OH is 1. The zero-order valence-corrected chi connectivity index (χ0v) is 13.2. The lowest BCUT2D eigenvalue weighted by Gasteiger charge is -2.30. The Hall–Kier alpha value is -2.05. The molecule has 2 rings (SSSR count). The molecule has 23 heavy (non-hydrogen) atoms. The number of carbonyl (C=O) groups is 3. The van der Waals surface area contributed by atoms with Crippen molar-refractivity contribution < 1.29 is 19.5 Å². The summed E-state index contributed by atoms with van der Waals surface area (Å²) < 4.78 is 0. The van der Waals surface area contributed by atoms with Gasteiger partial charge in [-0.05, 0) is 37.4 Å². The van der Waals surface area contributed by atoms with Crippen LogP contribution in [0.15, 0.2) is 18.2 Å². The van der Waals surface area contributed by atoms with Gasteiger partial charge in [-0.15, -0.1) is 0 Å². The third-order valence-corrected chi connectivity index (χ3v) is 4.19. The Kier molecular flexibility index (Phi) is 6.01. The maximum atomic E-state index is 12.0. The standard InChI is InChI=1S/C17H22N2O4/c1-19(15-7-8-16(22)18-17(15)23)10-14-12(6-3-9-20)4-2-5-13(14)11-21/h2,4-5,11,15,20H,3,6-10H2,1H3,(H,18,22,23). The van der Waals surface area contributed by atoms with E-state index in [0.717, 1.165) is 17.4 Å². The minimum Gasteiger partial charge on any atom is -0.396 e. The average Bonchev–Trinajstić information content (AvgIpc) is 2.53. The first-order valence-corrected chi connectivity index (χ1v) is 7.77. The Morgan fingerprint density at radius 3 is 2.83 bits per heavy atom. The number of aldehydes is 1. The number of rotatable bonds is 7. The van der Waals surface area contributed by atoms with E-state index in [0.29, 0.717) is 37.8 Å². The highest BCUT2D eigenvalue weighted by Gasteiger charge is 2.30. The fourth-order valence-corrected chi connectivity index (χ4v) is 2.92. The third-order valence-electron chi connectivity index (χ3n) is 4.19. The lowest BCUT2D eigenvalue weighted by Crippen LogP contribution is -2.51. The Balaban J connectivity index is 2.18. The SMILES string of the molecule is CN(Cc1c(C=O)cccc1CCCO)C1CCC(=O)NC1=O. The topological polar surface area (TPSA) is 86.7 Å². The zero-order chi connectivity index (χ0) is 16.8. The predicted molar refractivity (Wildman–Crippen MR) is 84.9 cm³/mol. The summed E-state index contributed by atoms with van der Waals surface area (Å²) in [5.41, 5.74) is 2.48. The highest BCUT2D eigenvalue weighted by Crippen LogP contribution is 2.20. The second-order valence-corrected chi connectivity index (χ2v) is 5.81. The summed E-state index contributed by atoms with van der Waals surface area (Å²) >= 11 is 0. The van der Waals surface area contributed by atoms with Gasteiger partial charge in [0.25, 0.3) is 0 Å². The summed E-state index contributed by atoms with van der Waals surface area (Å²) in [6, 6.07) is 5.14. The van der Waals surface area contributed by atoms with Gasteiger partial charge in [-0.3, -0.25) is 24.6 Å². The van der Waals surface area contributed by atoms with Gasteiger partial charge in [0.2, 0.25) is 11.8 Å². The summed E-state index contributed by atoms with van der Waals surface area (Å²) in [5.74, 6) is -0.527. The number of piperidine rings is 1. The van der Waals surface area contributed by atoms with Crippen molar-refractivity contribution in [2.24, 2.45) is 0 Å². The Bertz CT molecular complexity index is 600. The number of aryl methyl sites for hydroxylation is 1. The molecule has 1 saturated heterocycles. The van der Waals surface area contributed by atoms with Crippen molar-refractivity contribution in [1.82, 2.24) is 10.2 Å². The first kappa shape index (κ1) is 17.3. The number of imide groups is 1. The molecule has 6 nitrogen and oxygen atoms in total. The molecule has 0 aliphatic carbocycles. The molecule has 0 aromatic heterocycles. The smallest absolute Gasteiger partial charge is 0.243 e. The van der Waals surface area contributed by atoms with Gasteiger partial charge in [-0.25, -0.2) is 0 Å². The second kappa shape index (κ2) is 7.99. The molecule has 1 heterocycles. The van der Waals surface area contributed by atoms with Gasteiger partial charge in [-0.1, -0.05) is 18.2 Å². The number of nitrogens with zero attached hydrogens (tertiary/aromatic N) is 1. The number of aliphatic hydroxyl groups is 1. The third kappa shape index (κ3) is 4.24. The largest absolute Gasteiger partial charge is 0.396 e. The number of hydrogen-bond donors (Lipinski definition) is 2. The van der Waals surface area contributed by atoms with Crippen molar-refractivity contribution in [3.8, 4) is 0 Å². The number of amides is 2. The van der Waals surface area contributed by atoms with Gasteiger partial charge in [-0.2, -0.15) is 0 Å². The number of carbonyl (C=O) groups excluding carboxylic acids is 3. The fraction of sp³-hybridized carbons (Fsp3) is 0.471. The molecule has 1 unspecified atom stereocenters. The molecule has 0 radical (unpaired) electrons. The molecular formula is C17H22N2O4. The minimum absolute atomic E-state index is 0.0910. The van der Waals surface area contributed by atoms with Crippen molar-refractivity contribution in [3.63, 3.8) is 0 Å². The van der Waals surface area contributed by atoms with Crippen molar-refractivity contribution in [1.29, 1.82) is 0 Å². The van der Waals surface area contributed by atoms with E-state index in [4.69, 9.17) is 5.11 Å². The number of hydrogen-bond acceptors (Lipinski definition) is 5. The molecular weight excluding hydrogens is 296 g/mol. The minimum atomic E-state index is -0.377. The number of benzene rings is 1. The normalized spacial score (nSPS) is 18.1. The van der Waals surface area contributed by atoms with Crippen LogP contribution in [0.5, 0.6) is 0 Å². The van der Waals surface area contributed by atoms with E-state index < -0.39 is 0 Å². The van der Waals surface area contributed by atoms with E-state index >= 15 is 0 Å². The quantitative estimate of drug-likeness (QED) is 0.570. The first-order valence-electron chi connectivity index (χ1n) is 7.77. The molecule has 124 valence electrons.